The Bertz CT molecular complexity index is 317. The van der Waals surface area contributed by atoms with Crippen LogP contribution in [0.3, 0.4) is 0 Å². The monoisotopic (exact) mass is 302 g/mol. The molecule has 0 saturated carbocycles. The number of amides is 1. The molecule has 0 aliphatic carbocycles. The fourth-order valence-corrected chi connectivity index (χ4v) is 1.84. The number of hydrogen-bond acceptors (Lipinski definition) is 4. The maximum absolute atomic E-state index is 11.6. The number of nitrogens with zero attached hydrogens (tertiary/aromatic N) is 1. The van der Waals surface area contributed by atoms with Gasteiger partial charge in [-0.2, -0.15) is 0 Å². The third kappa shape index (κ3) is 13.7. The Hall–Kier alpha value is -0.710. The summed E-state index contributed by atoms with van der Waals surface area (Å²) in [6, 6.07) is 0.119. The van der Waals surface area contributed by atoms with Gasteiger partial charge in [0.1, 0.15) is 5.60 Å². The van der Waals surface area contributed by atoms with Gasteiger partial charge < -0.3 is 10.1 Å². The van der Waals surface area contributed by atoms with E-state index >= 15 is 0 Å². The third-order valence-corrected chi connectivity index (χ3v) is 2.94. The Morgan fingerprint density at radius 2 is 1.90 bits per heavy atom. The van der Waals surface area contributed by atoms with Crippen LogP contribution in [0.2, 0.25) is 0 Å². The number of alkyl carbamates (subject to hydrolysis) is 1. The molecule has 0 aliphatic rings. The molecule has 0 radical (unpaired) electrons. The molecular formula is C15H30N2O2S. The summed E-state index contributed by atoms with van der Waals surface area (Å²) in [7, 11) is 0. The SMILES string of the molecule is CC(CCC/C=N/SC(C)(C)C)NC(=O)OC(C)(C)C. The molecule has 0 spiro atoms. The lowest BCUT2D eigenvalue weighted by atomic mass is 10.1. The molecule has 1 amide bonds. The van der Waals surface area contributed by atoms with E-state index in [1.807, 2.05) is 33.9 Å². The normalized spacial score (nSPS) is 14.3. The number of carbonyl (C=O) groups excluding carboxylic acids is 1. The summed E-state index contributed by atoms with van der Waals surface area (Å²) < 4.78 is 9.71. The molecule has 0 aromatic heterocycles. The van der Waals surface area contributed by atoms with E-state index in [0.29, 0.717) is 0 Å². The Balaban J connectivity index is 3.74. The molecule has 0 aliphatic heterocycles. The van der Waals surface area contributed by atoms with Crippen LogP contribution < -0.4 is 5.32 Å². The summed E-state index contributed by atoms with van der Waals surface area (Å²) in [5.41, 5.74) is -0.444. The average Bonchev–Trinajstić information content (AvgIpc) is 2.18. The lowest BCUT2D eigenvalue weighted by Gasteiger charge is -2.21. The lowest BCUT2D eigenvalue weighted by Crippen LogP contribution is -2.37. The molecule has 0 saturated heterocycles. The van der Waals surface area contributed by atoms with Gasteiger partial charge in [-0.3, -0.25) is 0 Å². The van der Waals surface area contributed by atoms with Crippen molar-refractivity contribution < 1.29 is 9.53 Å². The minimum atomic E-state index is -0.444. The summed E-state index contributed by atoms with van der Waals surface area (Å²) in [5.74, 6) is 0. The smallest absolute Gasteiger partial charge is 0.407 e. The number of carbonyl (C=O) groups is 1. The molecule has 0 heterocycles. The van der Waals surface area contributed by atoms with E-state index in [-0.39, 0.29) is 16.9 Å². The van der Waals surface area contributed by atoms with E-state index in [1.54, 1.807) is 11.9 Å². The summed E-state index contributed by atoms with van der Waals surface area (Å²) >= 11 is 1.59. The van der Waals surface area contributed by atoms with Crippen LogP contribution in [-0.4, -0.2) is 28.7 Å². The van der Waals surface area contributed by atoms with Gasteiger partial charge in [-0.25, -0.2) is 9.19 Å². The highest BCUT2D eigenvalue weighted by Crippen LogP contribution is 2.23. The predicted octanol–water partition coefficient (Wildman–Crippen LogP) is 4.59. The number of nitrogens with one attached hydrogen (secondary N) is 1. The zero-order valence-electron chi connectivity index (χ0n) is 13.9. The summed E-state index contributed by atoms with van der Waals surface area (Å²) in [5, 5.41) is 2.84. The van der Waals surface area contributed by atoms with Crippen molar-refractivity contribution in [3.8, 4) is 0 Å². The standard InChI is InChI=1S/C15H30N2O2S/c1-12(17-13(18)19-14(2,3)4)10-8-9-11-16-20-15(5,6)7/h11-12H,8-10H2,1-7H3,(H,17,18)/b16-11+. The highest BCUT2D eigenvalue weighted by molar-refractivity contribution is 7.99. The number of hydrogen-bond donors (Lipinski definition) is 1. The van der Waals surface area contributed by atoms with E-state index in [0.717, 1.165) is 19.3 Å². The lowest BCUT2D eigenvalue weighted by molar-refractivity contribution is 0.0506. The molecule has 1 N–H and O–H groups in total. The van der Waals surface area contributed by atoms with Gasteiger partial charge in [-0.05, 0) is 79.7 Å². The van der Waals surface area contributed by atoms with Gasteiger partial charge in [0.05, 0.1) is 0 Å². The minimum absolute atomic E-state index is 0.119. The first-order valence-corrected chi connectivity index (χ1v) is 7.96. The second-order valence-corrected chi connectivity index (χ2v) is 8.59. The largest absolute Gasteiger partial charge is 0.444 e. The summed E-state index contributed by atoms with van der Waals surface area (Å²) in [6.07, 6.45) is 4.47. The molecule has 1 unspecified atom stereocenters. The molecule has 0 bridgehead atoms. The van der Waals surface area contributed by atoms with Crippen molar-refractivity contribution >= 4 is 24.3 Å². The van der Waals surface area contributed by atoms with Crippen LogP contribution in [0.25, 0.3) is 0 Å². The molecule has 0 aromatic rings. The van der Waals surface area contributed by atoms with E-state index in [9.17, 15) is 4.79 Å². The quantitative estimate of drug-likeness (QED) is 0.443. The van der Waals surface area contributed by atoms with Crippen LogP contribution in [0.5, 0.6) is 0 Å². The first-order chi connectivity index (χ1) is 8.99. The van der Waals surface area contributed by atoms with Crippen LogP contribution >= 0.6 is 11.9 Å². The van der Waals surface area contributed by atoms with Crippen LogP contribution in [0, 0.1) is 0 Å². The topological polar surface area (TPSA) is 50.7 Å². The van der Waals surface area contributed by atoms with Gasteiger partial charge in [-0.15, -0.1) is 0 Å². The highest BCUT2D eigenvalue weighted by atomic mass is 32.2. The fraction of sp³-hybridized carbons (Fsp3) is 0.867. The highest BCUT2D eigenvalue weighted by Gasteiger charge is 2.17. The van der Waals surface area contributed by atoms with Crippen molar-refractivity contribution in [3.05, 3.63) is 0 Å². The number of rotatable bonds is 6. The third-order valence-electron chi connectivity index (χ3n) is 2.13. The summed E-state index contributed by atoms with van der Waals surface area (Å²) in [6.45, 7) is 14.0. The Morgan fingerprint density at radius 1 is 1.30 bits per heavy atom. The van der Waals surface area contributed by atoms with Crippen molar-refractivity contribution in [2.75, 3.05) is 0 Å². The molecule has 0 fully saturated rings. The van der Waals surface area contributed by atoms with Crippen LogP contribution in [-0.2, 0) is 4.74 Å². The van der Waals surface area contributed by atoms with Crippen molar-refractivity contribution in [3.63, 3.8) is 0 Å². The first kappa shape index (κ1) is 19.3. The maximum atomic E-state index is 11.6. The predicted molar refractivity (Wildman–Crippen MR) is 88.5 cm³/mol. The first-order valence-electron chi connectivity index (χ1n) is 7.19. The van der Waals surface area contributed by atoms with Gasteiger partial charge in [0.25, 0.3) is 0 Å². The molecule has 5 heteroatoms. The molecular weight excluding hydrogens is 272 g/mol. The molecule has 0 rings (SSSR count). The second kappa shape index (κ2) is 8.55. The van der Waals surface area contributed by atoms with Crippen LogP contribution in [0.1, 0.15) is 67.7 Å². The Morgan fingerprint density at radius 3 is 2.40 bits per heavy atom. The molecule has 0 aromatic carbocycles. The second-order valence-electron chi connectivity index (χ2n) is 6.97. The number of unbranched alkanes of at least 4 members (excludes halogenated alkanes) is 1. The Labute approximate surface area is 128 Å². The van der Waals surface area contributed by atoms with Gasteiger partial charge in [0.2, 0.25) is 0 Å². The van der Waals surface area contributed by atoms with Crippen molar-refractivity contribution in [1.82, 2.24) is 5.32 Å². The zero-order valence-corrected chi connectivity index (χ0v) is 14.8. The van der Waals surface area contributed by atoms with E-state index in [1.165, 1.54) is 0 Å². The van der Waals surface area contributed by atoms with Crippen LogP contribution in [0.15, 0.2) is 4.40 Å². The van der Waals surface area contributed by atoms with Crippen molar-refractivity contribution in [2.45, 2.75) is 84.1 Å². The van der Waals surface area contributed by atoms with E-state index in [4.69, 9.17) is 4.74 Å². The van der Waals surface area contributed by atoms with Gasteiger partial charge in [0.15, 0.2) is 0 Å². The maximum Gasteiger partial charge on any atom is 0.407 e. The minimum Gasteiger partial charge on any atom is -0.444 e. The molecule has 20 heavy (non-hydrogen) atoms. The van der Waals surface area contributed by atoms with Crippen LogP contribution in [0.4, 0.5) is 4.79 Å². The van der Waals surface area contributed by atoms with Crippen molar-refractivity contribution in [2.24, 2.45) is 4.40 Å². The van der Waals surface area contributed by atoms with Gasteiger partial charge in [-0.1, -0.05) is 0 Å². The summed E-state index contributed by atoms with van der Waals surface area (Å²) in [4.78, 5) is 11.6. The molecule has 4 nitrogen and oxygen atoms in total. The van der Waals surface area contributed by atoms with E-state index in [2.05, 4.69) is 30.5 Å². The van der Waals surface area contributed by atoms with Gasteiger partial charge in [0, 0.05) is 17.0 Å². The van der Waals surface area contributed by atoms with Gasteiger partial charge >= 0.3 is 6.09 Å². The van der Waals surface area contributed by atoms with E-state index < -0.39 is 5.60 Å². The average molecular weight is 302 g/mol. The van der Waals surface area contributed by atoms with Crippen molar-refractivity contribution in [1.29, 1.82) is 0 Å². The number of ether oxygens (including phenoxy) is 1. The molecule has 118 valence electrons. The fourth-order valence-electron chi connectivity index (χ4n) is 1.34. The Kier molecular flexibility index (Phi) is 8.25. The zero-order chi connectivity index (χ0) is 15.8. The molecule has 1 atom stereocenters.